The largest absolute Gasteiger partial charge is 0.392 e. The van der Waals surface area contributed by atoms with Gasteiger partial charge in [0, 0.05) is 55.1 Å². The lowest BCUT2D eigenvalue weighted by Gasteiger charge is -2.35. The molecule has 29 heavy (non-hydrogen) atoms. The first kappa shape index (κ1) is 18.5. The minimum absolute atomic E-state index is 0.221. The number of aliphatic hydroxyl groups is 1. The average Bonchev–Trinajstić information content (AvgIpc) is 3.14. The van der Waals surface area contributed by atoms with Crippen molar-refractivity contribution in [2.24, 2.45) is 0 Å². The number of nitrogens with one attached hydrogen (secondary N) is 1. The number of halogens is 1. The Labute approximate surface area is 170 Å². The van der Waals surface area contributed by atoms with Gasteiger partial charge in [-0.05, 0) is 31.2 Å². The molecule has 2 N–H and O–H groups in total. The van der Waals surface area contributed by atoms with Gasteiger partial charge >= 0.3 is 0 Å². The van der Waals surface area contributed by atoms with E-state index in [2.05, 4.69) is 14.8 Å². The van der Waals surface area contributed by atoms with Crippen molar-refractivity contribution in [3.8, 4) is 0 Å². The van der Waals surface area contributed by atoms with Gasteiger partial charge in [0.05, 0.1) is 21.7 Å². The molecule has 1 aliphatic heterocycles. The number of aromatic amines is 1. The molecule has 1 atom stereocenters. The molecule has 0 spiro atoms. The van der Waals surface area contributed by atoms with Crippen molar-refractivity contribution in [2.45, 2.75) is 13.0 Å². The lowest BCUT2D eigenvalue weighted by Crippen LogP contribution is -2.48. The summed E-state index contributed by atoms with van der Waals surface area (Å²) in [5.41, 5.74) is 0.589. The molecule has 5 rings (SSSR count). The summed E-state index contributed by atoms with van der Waals surface area (Å²) in [4.78, 5) is 24.7. The molecule has 3 heterocycles. The first-order valence-electron chi connectivity index (χ1n) is 9.70. The van der Waals surface area contributed by atoms with E-state index in [1.807, 2.05) is 6.07 Å². The van der Waals surface area contributed by atoms with Gasteiger partial charge in [0.2, 0.25) is 0 Å². The van der Waals surface area contributed by atoms with Gasteiger partial charge in [-0.15, -0.1) is 0 Å². The van der Waals surface area contributed by atoms with Crippen LogP contribution in [0.1, 0.15) is 6.92 Å². The minimum Gasteiger partial charge on any atom is -0.392 e. The number of β-amino-alcohol motifs (C(OH)–C–C–N with tert-alkyl or cyclic N) is 1. The summed E-state index contributed by atoms with van der Waals surface area (Å²) in [5, 5.41) is 13.2. The number of piperazine rings is 1. The number of hydrogen-bond acceptors (Lipinski definition) is 6. The number of H-pyrrole nitrogens is 1. The zero-order valence-corrected chi connectivity index (χ0v) is 16.8. The molecule has 0 bridgehead atoms. The van der Waals surface area contributed by atoms with Crippen LogP contribution in [0, 0.1) is 5.82 Å². The van der Waals surface area contributed by atoms with E-state index >= 15 is 0 Å². The molecule has 0 aliphatic carbocycles. The highest BCUT2D eigenvalue weighted by molar-refractivity contribution is 7.23. The van der Waals surface area contributed by atoms with Crippen LogP contribution in [0.3, 0.4) is 0 Å². The molecule has 2 aromatic carbocycles. The summed E-state index contributed by atoms with van der Waals surface area (Å²) in [5.74, 6) is -0.369. The summed E-state index contributed by atoms with van der Waals surface area (Å²) in [6, 6.07) is 6.41. The SMILES string of the molecule is C[C@@H](O)CN1CCN(c2nc3c4ccc(F)cc4c4c(=O)[nH]ccc4c3s2)CC1. The third kappa shape index (κ3) is 3.17. The maximum Gasteiger partial charge on any atom is 0.256 e. The average molecular weight is 412 g/mol. The van der Waals surface area contributed by atoms with Crippen molar-refractivity contribution in [1.29, 1.82) is 0 Å². The van der Waals surface area contributed by atoms with Crippen LogP contribution in [0.2, 0.25) is 0 Å². The molecule has 1 saturated heterocycles. The van der Waals surface area contributed by atoms with Crippen molar-refractivity contribution < 1.29 is 9.50 Å². The van der Waals surface area contributed by atoms with Crippen LogP contribution in [-0.4, -0.2) is 58.8 Å². The molecule has 8 heteroatoms. The molecule has 2 aromatic heterocycles. The fourth-order valence-corrected chi connectivity index (χ4v) is 5.33. The molecule has 0 amide bonds. The van der Waals surface area contributed by atoms with Crippen molar-refractivity contribution in [2.75, 3.05) is 37.6 Å². The summed E-state index contributed by atoms with van der Waals surface area (Å²) in [7, 11) is 0. The zero-order chi connectivity index (χ0) is 20.1. The number of anilines is 1. The maximum atomic E-state index is 14.0. The molecule has 1 fully saturated rings. The van der Waals surface area contributed by atoms with E-state index in [0.29, 0.717) is 17.3 Å². The second-order valence-corrected chi connectivity index (χ2v) is 8.57. The van der Waals surface area contributed by atoms with Gasteiger partial charge in [-0.25, -0.2) is 9.37 Å². The topological polar surface area (TPSA) is 72.5 Å². The van der Waals surface area contributed by atoms with E-state index in [1.54, 1.807) is 30.5 Å². The highest BCUT2D eigenvalue weighted by atomic mass is 32.1. The molecule has 0 saturated carbocycles. The monoisotopic (exact) mass is 412 g/mol. The van der Waals surface area contributed by atoms with Gasteiger partial charge in [0.1, 0.15) is 5.82 Å². The Morgan fingerprint density at radius 3 is 2.76 bits per heavy atom. The van der Waals surface area contributed by atoms with Gasteiger partial charge in [-0.1, -0.05) is 11.3 Å². The van der Waals surface area contributed by atoms with Gasteiger partial charge in [-0.3, -0.25) is 9.69 Å². The third-order valence-corrected chi connectivity index (χ3v) is 6.64. The van der Waals surface area contributed by atoms with Gasteiger partial charge in [0.15, 0.2) is 5.13 Å². The minimum atomic E-state index is -0.369. The summed E-state index contributed by atoms with van der Waals surface area (Å²) >= 11 is 1.58. The molecule has 0 unspecified atom stereocenters. The fraction of sp³-hybridized carbons (Fsp3) is 0.333. The van der Waals surface area contributed by atoms with E-state index in [1.165, 1.54) is 12.1 Å². The standard InChI is InChI=1S/C21H21FN4O2S/c1-12(27)11-25-6-8-26(9-7-25)21-24-18-14-3-2-13(22)10-16(14)17-15(19(18)29-21)4-5-23-20(17)28/h2-5,10,12,27H,6-9,11H2,1H3,(H,23,28)/t12-/m1/s1. The Hall–Kier alpha value is -2.55. The molecule has 6 nitrogen and oxygen atoms in total. The highest BCUT2D eigenvalue weighted by Gasteiger charge is 2.22. The Morgan fingerprint density at radius 1 is 1.21 bits per heavy atom. The Morgan fingerprint density at radius 2 is 2.00 bits per heavy atom. The first-order valence-corrected chi connectivity index (χ1v) is 10.5. The van der Waals surface area contributed by atoms with Crippen LogP contribution >= 0.6 is 11.3 Å². The number of aliphatic hydroxyl groups excluding tert-OH is 1. The predicted octanol–water partition coefficient (Wildman–Crippen LogP) is 2.93. The number of fused-ring (bicyclic) bond motifs is 6. The van der Waals surface area contributed by atoms with E-state index in [4.69, 9.17) is 4.98 Å². The van der Waals surface area contributed by atoms with Crippen LogP contribution in [0.4, 0.5) is 9.52 Å². The van der Waals surface area contributed by atoms with Crippen molar-refractivity contribution in [3.63, 3.8) is 0 Å². The second kappa shape index (κ2) is 7.05. The number of rotatable bonds is 3. The van der Waals surface area contributed by atoms with Gasteiger partial charge in [0.25, 0.3) is 5.56 Å². The van der Waals surface area contributed by atoms with Crippen molar-refractivity contribution in [1.82, 2.24) is 14.9 Å². The molecule has 1 aliphatic rings. The van der Waals surface area contributed by atoms with Crippen LogP contribution < -0.4 is 10.5 Å². The molecular weight excluding hydrogens is 391 g/mol. The Bertz CT molecular complexity index is 1270. The number of hydrogen-bond donors (Lipinski definition) is 2. The van der Waals surface area contributed by atoms with E-state index < -0.39 is 0 Å². The predicted molar refractivity (Wildman–Crippen MR) is 116 cm³/mol. The summed E-state index contributed by atoms with van der Waals surface area (Å²) in [6.07, 6.45) is 1.30. The fourth-order valence-electron chi connectivity index (χ4n) is 4.17. The second-order valence-electron chi connectivity index (χ2n) is 7.60. The maximum absolute atomic E-state index is 14.0. The number of pyridine rings is 1. The van der Waals surface area contributed by atoms with Crippen LogP contribution in [0.25, 0.3) is 31.8 Å². The van der Waals surface area contributed by atoms with Crippen molar-refractivity contribution >= 4 is 48.2 Å². The molecular formula is C21H21FN4O2S. The summed E-state index contributed by atoms with van der Waals surface area (Å²) in [6.45, 7) is 5.88. The quantitative estimate of drug-likeness (QED) is 0.506. The van der Waals surface area contributed by atoms with Crippen LogP contribution in [0.5, 0.6) is 0 Å². The molecule has 0 radical (unpaired) electrons. The normalized spacial score (nSPS) is 16.9. The molecule has 4 aromatic rings. The smallest absolute Gasteiger partial charge is 0.256 e. The Kier molecular flexibility index (Phi) is 4.49. The lowest BCUT2D eigenvalue weighted by atomic mass is 10.0. The van der Waals surface area contributed by atoms with E-state index in [0.717, 1.165) is 52.3 Å². The number of nitrogens with zero attached hydrogens (tertiary/aromatic N) is 3. The van der Waals surface area contributed by atoms with Crippen molar-refractivity contribution in [3.05, 3.63) is 46.6 Å². The number of benzene rings is 2. The zero-order valence-electron chi connectivity index (χ0n) is 16.0. The lowest BCUT2D eigenvalue weighted by molar-refractivity contribution is 0.123. The number of aromatic nitrogens is 2. The summed E-state index contributed by atoms with van der Waals surface area (Å²) < 4.78 is 14.9. The number of thiazole rings is 1. The highest BCUT2D eigenvalue weighted by Crippen LogP contribution is 2.39. The third-order valence-electron chi connectivity index (χ3n) is 5.49. The van der Waals surface area contributed by atoms with Gasteiger partial charge in [-0.2, -0.15) is 0 Å². The van der Waals surface area contributed by atoms with Crippen LogP contribution in [0.15, 0.2) is 35.3 Å². The molecule has 150 valence electrons. The van der Waals surface area contributed by atoms with E-state index in [9.17, 15) is 14.3 Å². The first-order chi connectivity index (χ1) is 14.0. The van der Waals surface area contributed by atoms with Crippen LogP contribution in [-0.2, 0) is 0 Å². The Balaban J connectivity index is 1.64. The van der Waals surface area contributed by atoms with Gasteiger partial charge < -0.3 is 15.0 Å². The van der Waals surface area contributed by atoms with E-state index in [-0.39, 0.29) is 17.5 Å².